The second-order valence-electron chi connectivity index (χ2n) is 3.29. The third-order valence-corrected chi connectivity index (χ3v) is 2.07. The molecule has 0 atom stereocenters. The summed E-state index contributed by atoms with van der Waals surface area (Å²) in [6.07, 6.45) is 3.91. The van der Waals surface area contributed by atoms with E-state index in [1.807, 2.05) is 12.1 Å². The van der Waals surface area contributed by atoms with Gasteiger partial charge in [0.2, 0.25) is 0 Å². The van der Waals surface area contributed by atoms with Crippen molar-refractivity contribution in [1.29, 1.82) is 0 Å². The Labute approximate surface area is 81.2 Å². The number of benzene rings is 1. The topological polar surface area (TPSA) is 12.0 Å². The summed E-state index contributed by atoms with van der Waals surface area (Å²) in [6, 6.07) is 11.1. The van der Waals surface area contributed by atoms with Crippen molar-refractivity contribution in [2.45, 2.75) is 32.7 Å². The first-order valence-electron chi connectivity index (χ1n) is 5.09. The molecule has 0 fully saturated rings. The minimum Gasteiger partial charge on any atom is -0.313 e. The van der Waals surface area contributed by atoms with Crippen LogP contribution in [0.2, 0.25) is 0 Å². The molecule has 0 aliphatic rings. The average Bonchev–Trinajstić information content (AvgIpc) is 2.19. The first-order valence-corrected chi connectivity index (χ1v) is 5.09. The first-order chi connectivity index (χ1) is 6.43. The van der Waals surface area contributed by atoms with Gasteiger partial charge in [-0.1, -0.05) is 44.0 Å². The van der Waals surface area contributed by atoms with Crippen LogP contribution in [0.3, 0.4) is 0 Å². The molecule has 71 valence electrons. The molecule has 1 radical (unpaired) electrons. The van der Waals surface area contributed by atoms with Crippen molar-refractivity contribution in [1.82, 2.24) is 5.32 Å². The van der Waals surface area contributed by atoms with Crippen LogP contribution in [-0.4, -0.2) is 6.54 Å². The standard InChI is InChI=1S/C12H18N/c1-2-3-7-10-13-11-12-8-5-4-6-9-12/h5-6,8-9,13H,2-3,7,10-11H2,1H3. The number of nitrogens with one attached hydrogen (secondary N) is 1. The van der Waals surface area contributed by atoms with Gasteiger partial charge in [-0.05, 0) is 24.6 Å². The molecule has 1 nitrogen and oxygen atoms in total. The van der Waals surface area contributed by atoms with E-state index in [1.165, 1.54) is 24.8 Å². The molecule has 0 bridgehead atoms. The lowest BCUT2D eigenvalue weighted by Gasteiger charge is -2.03. The van der Waals surface area contributed by atoms with Gasteiger partial charge in [0.05, 0.1) is 0 Å². The molecule has 0 saturated heterocycles. The van der Waals surface area contributed by atoms with Gasteiger partial charge in [-0.2, -0.15) is 0 Å². The molecule has 0 aliphatic carbocycles. The minimum atomic E-state index is 0.985. The van der Waals surface area contributed by atoms with E-state index >= 15 is 0 Å². The third-order valence-electron chi connectivity index (χ3n) is 2.07. The van der Waals surface area contributed by atoms with Gasteiger partial charge in [-0.3, -0.25) is 0 Å². The van der Waals surface area contributed by atoms with E-state index < -0.39 is 0 Å². The van der Waals surface area contributed by atoms with Crippen LogP contribution in [0, 0.1) is 6.07 Å². The van der Waals surface area contributed by atoms with E-state index in [0.29, 0.717) is 0 Å². The van der Waals surface area contributed by atoms with Crippen molar-refractivity contribution in [3.63, 3.8) is 0 Å². The molecule has 0 aliphatic heterocycles. The summed E-state index contributed by atoms with van der Waals surface area (Å²) in [7, 11) is 0. The molecule has 0 heterocycles. The van der Waals surface area contributed by atoms with Crippen LogP contribution < -0.4 is 5.32 Å². The van der Waals surface area contributed by atoms with Gasteiger partial charge < -0.3 is 5.32 Å². The van der Waals surface area contributed by atoms with Gasteiger partial charge in [-0.15, -0.1) is 0 Å². The highest BCUT2D eigenvalue weighted by Crippen LogP contribution is 1.97. The summed E-state index contributed by atoms with van der Waals surface area (Å²) in [5.41, 5.74) is 1.34. The molecule has 0 saturated carbocycles. The van der Waals surface area contributed by atoms with Gasteiger partial charge in [-0.25, -0.2) is 0 Å². The summed E-state index contributed by atoms with van der Waals surface area (Å²) in [6.45, 7) is 4.35. The van der Waals surface area contributed by atoms with E-state index in [1.54, 1.807) is 0 Å². The van der Waals surface area contributed by atoms with Crippen LogP contribution in [0.1, 0.15) is 31.7 Å². The van der Waals surface area contributed by atoms with Gasteiger partial charge in [0.1, 0.15) is 0 Å². The lowest BCUT2D eigenvalue weighted by Crippen LogP contribution is -2.14. The predicted molar refractivity (Wildman–Crippen MR) is 56.5 cm³/mol. The molecule has 1 aromatic rings. The van der Waals surface area contributed by atoms with E-state index in [-0.39, 0.29) is 0 Å². The highest BCUT2D eigenvalue weighted by molar-refractivity contribution is 5.13. The fourth-order valence-corrected chi connectivity index (χ4v) is 1.27. The largest absolute Gasteiger partial charge is 0.313 e. The van der Waals surface area contributed by atoms with Gasteiger partial charge in [0.25, 0.3) is 0 Å². The molecule has 1 aromatic carbocycles. The van der Waals surface area contributed by atoms with Crippen molar-refractivity contribution in [2.24, 2.45) is 0 Å². The third kappa shape index (κ3) is 4.69. The zero-order valence-corrected chi connectivity index (χ0v) is 8.34. The highest BCUT2D eigenvalue weighted by Gasteiger charge is 1.89. The van der Waals surface area contributed by atoms with Crippen molar-refractivity contribution in [3.05, 3.63) is 35.9 Å². The Balaban J connectivity index is 2.07. The molecule has 0 unspecified atom stereocenters. The van der Waals surface area contributed by atoms with Crippen molar-refractivity contribution < 1.29 is 0 Å². The SMILES string of the molecule is CCCCCNCc1cc[c]cc1. The lowest BCUT2D eigenvalue weighted by molar-refractivity contribution is 0.617. The molecule has 13 heavy (non-hydrogen) atoms. The zero-order chi connectivity index (χ0) is 9.36. The van der Waals surface area contributed by atoms with Crippen LogP contribution in [0.15, 0.2) is 24.3 Å². The van der Waals surface area contributed by atoms with Gasteiger partial charge in [0.15, 0.2) is 0 Å². The summed E-state index contributed by atoms with van der Waals surface area (Å²) < 4.78 is 0. The Kier molecular flexibility index (Phi) is 5.27. The molecule has 1 heteroatoms. The average molecular weight is 176 g/mol. The fourth-order valence-electron chi connectivity index (χ4n) is 1.27. The molecule has 0 spiro atoms. The summed E-state index contributed by atoms with van der Waals surface area (Å²) in [5, 5.41) is 3.42. The zero-order valence-electron chi connectivity index (χ0n) is 8.34. The maximum atomic E-state index is 3.42. The Morgan fingerprint density at radius 1 is 1.23 bits per heavy atom. The van der Waals surface area contributed by atoms with Crippen LogP contribution in [0.25, 0.3) is 0 Å². The van der Waals surface area contributed by atoms with E-state index in [0.717, 1.165) is 13.1 Å². The molecule has 1 rings (SSSR count). The van der Waals surface area contributed by atoms with Crippen LogP contribution >= 0.6 is 0 Å². The molecule has 0 aromatic heterocycles. The second-order valence-corrected chi connectivity index (χ2v) is 3.29. The quantitative estimate of drug-likeness (QED) is 0.657. The Bertz CT molecular complexity index is 206. The summed E-state index contributed by atoms with van der Waals surface area (Å²) >= 11 is 0. The highest BCUT2D eigenvalue weighted by atomic mass is 14.8. The van der Waals surface area contributed by atoms with Crippen molar-refractivity contribution >= 4 is 0 Å². The Morgan fingerprint density at radius 3 is 2.69 bits per heavy atom. The first kappa shape index (κ1) is 10.3. The van der Waals surface area contributed by atoms with Crippen LogP contribution in [0.4, 0.5) is 0 Å². The van der Waals surface area contributed by atoms with Crippen molar-refractivity contribution in [2.75, 3.05) is 6.54 Å². The molecule has 0 amide bonds. The normalized spacial score (nSPS) is 10.2. The van der Waals surface area contributed by atoms with Crippen molar-refractivity contribution in [3.8, 4) is 0 Å². The minimum absolute atomic E-state index is 0.985. The number of unbranched alkanes of at least 4 members (excludes halogenated alkanes) is 2. The predicted octanol–water partition coefficient (Wildman–Crippen LogP) is 2.77. The maximum absolute atomic E-state index is 3.42. The summed E-state index contributed by atoms with van der Waals surface area (Å²) in [4.78, 5) is 0. The van der Waals surface area contributed by atoms with Gasteiger partial charge >= 0.3 is 0 Å². The maximum Gasteiger partial charge on any atom is 0.0205 e. The number of rotatable bonds is 6. The Morgan fingerprint density at radius 2 is 2.00 bits per heavy atom. The summed E-state index contributed by atoms with van der Waals surface area (Å²) in [5.74, 6) is 0. The number of hydrogen-bond acceptors (Lipinski definition) is 1. The van der Waals surface area contributed by atoms with Gasteiger partial charge in [0, 0.05) is 6.54 Å². The lowest BCUT2D eigenvalue weighted by atomic mass is 10.2. The van der Waals surface area contributed by atoms with E-state index in [4.69, 9.17) is 0 Å². The Hall–Kier alpha value is -0.820. The van der Waals surface area contributed by atoms with Crippen LogP contribution in [0.5, 0.6) is 0 Å². The van der Waals surface area contributed by atoms with Crippen LogP contribution in [-0.2, 0) is 6.54 Å². The fraction of sp³-hybridized carbons (Fsp3) is 0.500. The van der Waals surface area contributed by atoms with E-state index in [9.17, 15) is 0 Å². The monoisotopic (exact) mass is 176 g/mol. The van der Waals surface area contributed by atoms with E-state index in [2.05, 4.69) is 30.4 Å². The molecule has 1 N–H and O–H groups in total. The molecular weight excluding hydrogens is 158 g/mol. The molecular formula is C12H18N. The smallest absolute Gasteiger partial charge is 0.0205 e. The number of hydrogen-bond donors (Lipinski definition) is 1. The second kappa shape index (κ2) is 6.67.